The zero-order chi connectivity index (χ0) is 13.2. The maximum atomic E-state index is 13.1. The van der Waals surface area contributed by atoms with E-state index in [4.69, 9.17) is 0 Å². The maximum Gasteiger partial charge on any atom is 0.254 e. The number of aliphatic hydroxyl groups is 1. The van der Waals surface area contributed by atoms with Crippen molar-refractivity contribution < 1.29 is 14.3 Å². The average Bonchev–Trinajstić information content (AvgIpc) is 2.18. The zero-order valence-corrected chi connectivity index (χ0v) is 11.6. The second-order valence-corrected chi connectivity index (χ2v) is 5.45. The molecular formula is C12H15BrFNO2. The number of nitrogens with zero attached hydrogens (tertiary/aromatic N) is 1. The number of likely N-dealkylation sites (N-methyl/N-ethyl adjacent to an activating group) is 1. The Labute approximate surface area is 108 Å². The summed E-state index contributed by atoms with van der Waals surface area (Å²) in [6.07, 6.45) is 0. The quantitative estimate of drug-likeness (QED) is 0.932. The summed E-state index contributed by atoms with van der Waals surface area (Å²) in [5.74, 6) is -0.799. The molecule has 1 amide bonds. The van der Waals surface area contributed by atoms with Gasteiger partial charge in [0, 0.05) is 18.1 Å². The summed E-state index contributed by atoms with van der Waals surface area (Å²) in [6, 6.07) is 3.94. The van der Waals surface area contributed by atoms with E-state index in [2.05, 4.69) is 15.9 Å². The van der Waals surface area contributed by atoms with Crippen LogP contribution in [0, 0.1) is 5.82 Å². The van der Waals surface area contributed by atoms with Gasteiger partial charge < -0.3 is 10.0 Å². The van der Waals surface area contributed by atoms with Crippen molar-refractivity contribution in [3.05, 3.63) is 34.1 Å². The van der Waals surface area contributed by atoms with Crippen molar-refractivity contribution in [2.24, 2.45) is 0 Å². The van der Waals surface area contributed by atoms with Crippen LogP contribution in [0.25, 0.3) is 0 Å². The molecule has 1 N–H and O–H groups in total. The second kappa shape index (κ2) is 5.14. The van der Waals surface area contributed by atoms with Crippen molar-refractivity contribution in [3.63, 3.8) is 0 Å². The molecule has 0 bridgehead atoms. The number of amides is 1. The number of hydrogen-bond acceptors (Lipinski definition) is 2. The Bertz CT molecular complexity index is 429. The highest BCUT2D eigenvalue weighted by Crippen LogP contribution is 2.20. The predicted octanol–water partition coefficient (Wildman–Crippen LogP) is 2.43. The molecule has 0 aliphatic heterocycles. The molecule has 0 aliphatic carbocycles. The average molecular weight is 304 g/mol. The molecule has 0 saturated heterocycles. The van der Waals surface area contributed by atoms with E-state index < -0.39 is 11.4 Å². The monoisotopic (exact) mass is 303 g/mol. The first-order chi connectivity index (χ1) is 7.70. The van der Waals surface area contributed by atoms with Gasteiger partial charge in [-0.3, -0.25) is 4.79 Å². The smallest absolute Gasteiger partial charge is 0.254 e. The van der Waals surface area contributed by atoms with Crippen LogP contribution in [0.2, 0.25) is 0 Å². The summed E-state index contributed by atoms with van der Waals surface area (Å²) in [4.78, 5) is 13.4. The Morgan fingerprint density at radius 1 is 1.53 bits per heavy atom. The molecule has 0 radical (unpaired) electrons. The van der Waals surface area contributed by atoms with Crippen molar-refractivity contribution in [1.82, 2.24) is 4.90 Å². The number of benzene rings is 1. The molecule has 0 fully saturated rings. The Balaban J connectivity index is 2.93. The van der Waals surface area contributed by atoms with E-state index in [9.17, 15) is 14.3 Å². The first kappa shape index (κ1) is 14.1. The summed E-state index contributed by atoms with van der Waals surface area (Å²) in [7, 11) is 1.57. The number of hydrogen-bond donors (Lipinski definition) is 1. The molecule has 0 aliphatic rings. The molecule has 5 heteroatoms. The van der Waals surface area contributed by atoms with E-state index >= 15 is 0 Å². The van der Waals surface area contributed by atoms with Crippen LogP contribution in [-0.2, 0) is 0 Å². The third-order valence-electron chi connectivity index (χ3n) is 2.13. The van der Waals surface area contributed by atoms with E-state index in [0.29, 0.717) is 4.47 Å². The number of halogens is 2. The minimum Gasteiger partial charge on any atom is -0.389 e. The van der Waals surface area contributed by atoms with Gasteiger partial charge in [0.05, 0.1) is 11.2 Å². The maximum absolute atomic E-state index is 13.1. The van der Waals surface area contributed by atoms with E-state index in [-0.39, 0.29) is 18.0 Å². The van der Waals surface area contributed by atoms with Crippen molar-refractivity contribution in [2.75, 3.05) is 13.6 Å². The van der Waals surface area contributed by atoms with Gasteiger partial charge in [-0.05, 0) is 48.0 Å². The Morgan fingerprint density at radius 2 is 2.12 bits per heavy atom. The Kier molecular flexibility index (Phi) is 4.27. The minimum absolute atomic E-state index is 0.175. The molecule has 1 aromatic carbocycles. The fourth-order valence-corrected chi connectivity index (χ4v) is 1.94. The highest BCUT2D eigenvalue weighted by molar-refractivity contribution is 9.10. The third kappa shape index (κ3) is 4.09. The molecule has 0 unspecified atom stereocenters. The highest BCUT2D eigenvalue weighted by Gasteiger charge is 2.21. The van der Waals surface area contributed by atoms with Gasteiger partial charge in [0.25, 0.3) is 5.91 Å². The normalized spacial score (nSPS) is 11.4. The lowest BCUT2D eigenvalue weighted by atomic mass is 10.1. The molecular weight excluding hydrogens is 289 g/mol. The second-order valence-electron chi connectivity index (χ2n) is 4.60. The lowest BCUT2D eigenvalue weighted by molar-refractivity contribution is 0.0367. The minimum atomic E-state index is -0.982. The molecule has 3 nitrogen and oxygen atoms in total. The van der Waals surface area contributed by atoms with Gasteiger partial charge in [0.1, 0.15) is 5.82 Å². The summed E-state index contributed by atoms with van der Waals surface area (Å²) in [6.45, 7) is 3.39. The number of carbonyl (C=O) groups excluding carboxylic acids is 1. The van der Waals surface area contributed by atoms with Gasteiger partial charge in [-0.25, -0.2) is 4.39 Å². The van der Waals surface area contributed by atoms with Crippen LogP contribution >= 0.6 is 15.9 Å². The van der Waals surface area contributed by atoms with E-state index in [0.717, 1.165) is 0 Å². The van der Waals surface area contributed by atoms with Crippen molar-refractivity contribution in [1.29, 1.82) is 0 Å². The topological polar surface area (TPSA) is 40.5 Å². The molecule has 0 heterocycles. The summed E-state index contributed by atoms with van der Waals surface area (Å²) in [5, 5.41) is 9.63. The SMILES string of the molecule is CN(CC(C)(C)O)C(=O)c1cc(F)ccc1Br. The highest BCUT2D eigenvalue weighted by atomic mass is 79.9. The van der Waals surface area contributed by atoms with E-state index in [1.54, 1.807) is 20.9 Å². The fraction of sp³-hybridized carbons (Fsp3) is 0.417. The van der Waals surface area contributed by atoms with Crippen LogP contribution in [0.5, 0.6) is 0 Å². The van der Waals surface area contributed by atoms with Gasteiger partial charge in [0.2, 0.25) is 0 Å². The zero-order valence-electron chi connectivity index (χ0n) is 10.00. The molecule has 0 atom stereocenters. The predicted molar refractivity (Wildman–Crippen MR) is 67.4 cm³/mol. The molecule has 94 valence electrons. The van der Waals surface area contributed by atoms with E-state index in [1.165, 1.54) is 23.1 Å². The standard InChI is InChI=1S/C12H15BrFNO2/c1-12(2,17)7-15(3)11(16)9-6-8(14)4-5-10(9)13/h4-6,17H,7H2,1-3H3. The Hall–Kier alpha value is -0.940. The first-order valence-corrected chi connectivity index (χ1v) is 5.93. The molecule has 0 spiro atoms. The van der Waals surface area contributed by atoms with Gasteiger partial charge in [-0.2, -0.15) is 0 Å². The molecule has 1 aromatic rings. The van der Waals surface area contributed by atoms with Crippen molar-refractivity contribution in [2.45, 2.75) is 19.4 Å². The Morgan fingerprint density at radius 3 is 2.65 bits per heavy atom. The van der Waals surface area contributed by atoms with Crippen LogP contribution in [0.4, 0.5) is 4.39 Å². The third-order valence-corrected chi connectivity index (χ3v) is 2.82. The first-order valence-electron chi connectivity index (χ1n) is 5.13. The summed E-state index contributed by atoms with van der Waals surface area (Å²) < 4.78 is 13.6. The molecule has 0 aromatic heterocycles. The number of rotatable bonds is 3. The van der Waals surface area contributed by atoms with Crippen molar-refractivity contribution in [3.8, 4) is 0 Å². The van der Waals surface area contributed by atoms with Crippen LogP contribution in [-0.4, -0.2) is 35.1 Å². The van der Waals surface area contributed by atoms with Gasteiger partial charge in [-0.1, -0.05) is 0 Å². The van der Waals surface area contributed by atoms with E-state index in [1.807, 2.05) is 0 Å². The van der Waals surface area contributed by atoms with Gasteiger partial charge in [-0.15, -0.1) is 0 Å². The lowest BCUT2D eigenvalue weighted by Gasteiger charge is -2.25. The largest absolute Gasteiger partial charge is 0.389 e. The molecule has 1 rings (SSSR count). The van der Waals surface area contributed by atoms with Crippen LogP contribution in [0.3, 0.4) is 0 Å². The lowest BCUT2D eigenvalue weighted by Crippen LogP contribution is -2.39. The number of carbonyl (C=O) groups is 1. The van der Waals surface area contributed by atoms with Gasteiger partial charge in [0.15, 0.2) is 0 Å². The van der Waals surface area contributed by atoms with Crippen LogP contribution < -0.4 is 0 Å². The summed E-state index contributed by atoms with van der Waals surface area (Å²) in [5.41, 5.74) is -0.735. The van der Waals surface area contributed by atoms with Gasteiger partial charge >= 0.3 is 0 Å². The van der Waals surface area contributed by atoms with Crippen molar-refractivity contribution >= 4 is 21.8 Å². The van der Waals surface area contributed by atoms with Crippen LogP contribution in [0.15, 0.2) is 22.7 Å². The summed E-state index contributed by atoms with van der Waals surface area (Å²) >= 11 is 3.20. The fourth-order valence-electron chi connectivity index (χ4n) is 1.52. The molecule has 0 saturated carbocycles. The molecule has 17 heavy (non-hydrogen) atoms. The van der Waals surface area contributed by atoms with Crippen LogP contribution in [0.1, 0.15) is 24.2 Å².